The normalized spacial score (nSPS) is 30.6. The number of nitrogens with zero attached hydrogens (tertiary/aromatic N) is 3. The summed E-state index contributed by atoms with van der Waals surface area (Å²) in [5.74, 6) is -2.29. The Balaban J connectivity index is 3.15. The number of alkyl halides is 1. The highest BCUT2D eigenvalue weighted by Gasteiger charge is 2.55. The third-order valence-corrected chi connectivity index (χ3v) is 5.10. The SMILES string of the molecule is CCCCN(C(=O)N(CCCl)N=O)C(O)[C@H]1O[C@](O)(CCCC)[C@H](O)[C@@H](O)[C@@H]1O. The van der Waals surface area contributed by atoms with Crippen LogP contribution < -0.4 is 0 Å². The van der Waals surface area contributed by atoms with E-state index in [1.165, 1.54) is 0 Å². The van der Waals surface area contributed by atoms with Crippen LogP contribution in [-0.4, -0.2) is 96.9 Å². The Labute approximate surface area is 174 Å². The van der Waals surface area contributed by atoms with Crippen LogP contribution in [0.2, 0.25) is 0 Å². The molecule has 0 spiro atoms. The molecule has 1 heterocycles. The molecule has 6 atom stereocenters. The third kappa shape index (κ3) is 6.20. The zero-order chi connectivity index (χ0) is 22.2. The number of carbonyl (C=O) groups excluding carboxylic acids is 1. The number of ether oxygens (including phenoxy) is 1. The van der Waals surface area contributed by atoms with Gasteiger partial charge in [-0.15, -0.1) is 16.5 Å². The van der Waals surface area contributed by atoms with E-state index in [9.17, 15) is 35.2 Å². The molecule has 0 aliphatic carbocycles. The Morgan fingerprint density at radius 3 is 2.31 bits per heavy atom. The minimum absolute atomic E-state index is 0.0105. The summed E-state index contributed by atoms with van der Waals surface area (Å²) in [5.41, 5.74) is 0. The number of aliphatic hydroxyl groups is 5. The second-order valence-corrected chi connectivity index (χ2v) is 7.47. The first-order valence-corrected chi connectivity index (χ1v) is 10.3. The first kappa shape index (κ1) is 26.0. The molecule has 0 aromatic carbocycles. The average Bonchev–Trinajstić information content (AvgIpc) is 2.71. The first-order chi connectivity index (χ1) is 13.7. The fraction of sp³-hybridized carbons (Fsp3) is 0.941. The van der Waals surface area contributed by atoms with E-state index in [0.29, 0.717) is 30.7 Å². The van der Waals surface area contributed by atoms with Gasteiger partial charge in [0.2, 0.25) is 0 Å². The standard InChI is InChI=1S/C17H32ClN3O8/c1-3-5-7-17(27)14(24)12(23)11(22)13(29-17)15(25)20(9-6-4-2)16(26)21(19-28)10-8-18/h11-15,22-25,27H,3-10H2,1-2H3/t11-,12-,13-,14+,15?,17+/m0/s1. The largest absolute Gasteiger partial charge is 0.387 e. The van der Waals surface area contributed by atoms with Crippen molar-refractivity contribution in [2.24, 2.45) is 5.29 Å². The van der Waals surface area contributed by atoms with Crippen LogP contribution in [0.25, 0.3) is 0 Å². The number of aliphatic hydroxyl groups excluding tert-OH is 4. The maximum Gasteiger partial charge on any atom is 0.345 e. The van der Waals surface area contributed by atoms with Crippen molar-refractivity contribution in [2.45, 2.75) is 82.4 Å². The number of urea groups is 1. The molecule has 29 heavy (non-hydrogen) atoms. The zero-order valence-corrected chi connectivity index (χ0v) is 17.5. The number of carbonyl (C=O) groups is 1. The van der Waals surface area contributed by atoms with Gasteiger partial charge >= 0.3 is 6.03 Å². The molecule has 1 fully saturated rings. The maximum absolute atomic E-state index is 12.7. The molecular weight excluding hydrogens is 410 g/mol. The summed E-state index contributed by atoms with van der Waals surface area (Å²) >= 11 is 5.57. The van der Waals surface area contributed by atoms with E-state index in [1.54, 1.807) is 0 Å². The molecule has 0 aromatic rings. The highest BCUT2D eigenvalue weighted by Crippen LogP contribution is 2.34. The fourth-order valence-corrected chi connectivity index (χ4v) is 3.30. The van der Waals surface area contributed by atoms with Crippen LogP contribution in [0.1, 0.15) is 46.0 Å². The highest BCUT2D eigenvalue weighted by molar-refractivity contribution is 6.18. The van der Waals surface area contributed by atoms with Gasteiger partial charge in [0, 0.05) is 18.8 Å². The second kappa shape index (κ2) is 11.9. The predicted octanol–water partition coefficient (Wildman–Crippen LogP) is 0.109. The number of amides is 2. The molecule has 1 saturated heterocycles. The van der Waals surface area contributed by atoms with Gasteiger partial charge in [0.15, 0.2) is 12.0 Å². The van der Waals surface area contributed by atoms with Gasteiger partial charge < -0.3 is 30.3 Å². The third-order valence-electron chi connectivity index (χ3n) is 4.93. The molecule has 0 bridgehead atoms. The molecule has 5 N–H and O–H groups in total. The summed E-state index contributed by atoms with van der Waals surface area (Å²) in [6, 6.07) is -0.963. The van der Waals surface area contributed by atoms with Crippen LogP contribution in [-0.2, 0) is 4.74 Å². The molecule has 1 aliphatic rings. The van der Waals surface area contributed by atoms with Crippen molar-refractivity contribution in [3.8, 4) is 0 Å². The van der Waals surface area contributed by atoms with Gasteiger partial charge in [0.1, 0.15) is 24.4 Å². The monoisotopic (exact) mass is 441 g/mol. The van der Waals surface area contributed by atoms with Crippen LogP contribution in [0.5, 0.6) is 0 Å². The van der Waals surface area contributed by atoms with Crippen molar-refractivity contribution in [2.75, 3.05) is 19.0 Å². The molecule has 11 nitrogen and oxygen atoms in total. The summed E-state index contributed by atoms with van der Waals surface area (Å²) in [7, 11) is 0. The molecule has 2 amide bonds. The average molecular weight is 442 g/mol. The first-order valence-electron chi connectivity index (χ1n) is 9.78. The quantitative estimate of drug-likeness (QED) is 0.130. The number of nitroso groups, excluding NO2 is 1. The topological polar surface area (TPSA) is 163 Å². The van der Waals surface area contributed by atoms with E-state index in [-0.39, 0.29) is 25.4 Å². The maximum atomic E-state index is 12.7. The minimum Gasteiger partial charge on any atom is -0.387 e. The summed E-state index contributed by atoms with van der Waals surface area (Å²) in [6.45, 7) is 3.48. The summed E-state index contributed by atoms with van der Waals surface area (Å²) in [6.07, 6.45) is -6.77. The lowest BCUT2D eigenvalue weighted by Crippen LogP contribution is -2.69. The Morgan fingerprint density at radius 2 is 1.79 bits per heavy atom. The number of halogens is 1. The van der Waals surface area contributed by atoms with E-state index >= 15 is 0 Å². The molecule has 0 aromatic heterocycles. The van der Waals surface area contributed by atoms with Crippen LogP contribution in [0.4, 0.5) is 4.79 Å². The van der Waals surface area contributed by atoms with Crippen LogP contribution in [0, 0.1) is 4.91 Å². The summed E-state index contributed by atoms with van der Waals surface area (Å²) in [5, 5.41) is 55.2. The number of hydrogen-bond donors (Lipinski definition) is 5. The highest BCUT2D eigenvalue weighted by atomic mass is 35.5. The van der Waals surface area contributed by atoms with E-state index in [2.05, 4.69) is 5.29 Å². The van der Waals surface area contributed by atoms with E-state index < -0.39 is 42.5 Å². The van der Waals surface area contributed by atoms with Crippen molar-refractivity contribution >= 4 is 17.6 Å². The Kier molecular flexibility index (Phi) is 10.7. The van der Waals surface area contributed by atoms with Gasteiger partial charge in [-0.2, -0.15) is 5.01 Å². The van der Waals surface area contributed by atoms with Crippen molar-refractivity contribution in [3.63, 3.8) is 0 Å². The zero-order valence-electron chi connectivity index (χ0n) is 16.7. The second-order valence-electron chi connectivity index (χ2n) is 7.09. The molecule has 0 radical (unpaired) electrons. The van der Waals surface area contributed by atoms with Crippen LogP contribution in [0.15, 0.2) is 5.29 Å². The smallest absolute Gasteiger partial charge is 0.345 e. The molecular formula is C17H32ClN3O8. The molecule has 1 unspecified atom stereocenters. The van der Waals surface area contributed by atoms with E-state index in [0.717, 1.165) is 4.90 Å². The van der Waals surface area contributed by atoms with Crippen molar-refractivity contribution in [3.05, 3.63) is 4.91 Å². The Morgan fingerprint density at radius 1 is 1.17 bits per heavy atom. The molecule has 0 saturated carbocycles. The molecule has 1 rings (SSSR count). The Bertz CT molecular complexity index is 531. The Hall–Kier alpha value is -1.08. The number of unbranched alkanes of at least 4 members (excludes halogenated alkanes) is 2. The summed E-state index contributed by atoms with van der Waals surface area (Å²) in [4.78, 5) is 24.5. The van der Waals surface area contributed by atoms with E-state index in [1.807, 2.05) is 13.8 Å². The minimum atomic E-state index is -2.22. The molecule has 12 heteroatoms. The van der Waals surface area contributed by atoms with Gasteiger partial charge in [-0.05, 0) is 12.8 Å². The van der Waals surface area contributed by atoms with Gasteiger partial charge in [0.25, 0.3) is 0 Å². The van der Waals surface area contributed by atoms with Crippen LogP contribution in [0.3, 0.4) is 0 Å². The van der Waals surface area contributed by atoms with Gasteiger partial charge in [0.05, 0.1) is 11.8 Å². The van der Waals surface area contributed by atoms with Crippen molar-refractivity contribution < 1.29 is 35.1 Å². The summed E-state index contributed by atoms with van der Waals surface area (Å²) < 4.78 is 5.42. The van der Waals surface area contributed by atoms with Crippen molar-refractivity contribution in [1.82, 2.24) is 9.91 Å². The number of rotatable bonds is 11. The van der Waals surface area contributed by atoms with Gasteiger partial charge in [-0.3, -0.25) is 4.90 Å². The molecule has 170 valence electrons. The van der Waals surface area contributed by atoms with Crippen molar-refractivity contribution in [1.29, 1.82) is 0 Å². The van der Waals surface area contributed by atoms with E-state index in [4.69, 9.17) is 16.3 Å². The lowest BCUT2D eigenvalue weighted by atomic mass is 9.88. The predicted molar refractivity (Wildman–Crippen MR) is 104 cm³/mol. The molecule has 1 aliphatic heterocycles. The number of hydrogen-bond acceptors (Lipinski definition) is 9. The van der Waals surface area contributed by atoms with Gasteiger partial charge in [-0.25, -0.2) is 4.79 Å². The lowest BCUT2D eigenvalue weighted by Gasteiger charge is -2.48. The fourth-order valence-electron chi connectivity index (χ4n) is 3.14. The van der Waals surface area contributed by atoms with Crippen LogP contribution >= 0.6 is 11.6 Å². The lowest BCUT2D eigenvalue weighted by molar-refractivity contribution is -0.365. The van der Waals surface area contributed by atoms with Gasteiger partial charge in [-0.1, -0.05) is 26.7 Å².